The predicted octanol–water partition coefficient (Wildman–Crippen LogP) is 0.0628. The van der Waals surface area contributed by atoms with Crippen molar-refractivity contribution < 1.29 is 9.53 Å². The first kappa shape index (κ1) is 8.17. The van der Waals surface area contributed by atoms with E-state index in [1.54, 1.807) is 13.0 Å². The Balaban J connectivity index is 3.57. The van der Waals surface area contributed by atoms with Crippen LogP contribution in [0.1, 0.15) is 6.92 Å². The molecule has 0 aromatic carbocycles. The average Bonchev–Trinajstić information content (AvgIpc) is 1.83. The smallest absolute Gasteiger partial charge is 0.330 e. The maximum Gasteiger partial charge on any atom is 0.330 e. The normalized spacial score (nSPS) is 13.7. The Morgan fingerprint density at radius 1 is 1.78 bits per heavy atom. The van der Waals surface area contributed by atoms with Gasteiger partial charge < -0.3 is 10.5 Å². The van der Waals surface area contributed by atoms with Crippen molar-refractivity contribution >= 4 is 5.97 Å². The molecule has 0 aliphatic heterocycles. The van der Waals surface area contributed by atoms with Gasteiger partial charge in [0.15, 0.2) is 0 Å². The fraction of sp³-hybridized carbons (Fsp3) is 0.500. The Kier molecular flexibility index (Phi) is 3.71. The maximum absolute atomic E-state index is 10.4. The van der Waals surface area contributed by atoms with Crippen molar-refractivity contribution in [3.05, 3.63) is 12.2 Å². The molecular weight excluding hydrogens is 118 g/mol. The highest BCUT2D eigenvalue weighted by molar-refractivity contribution is 5.81. The van der Waals surface area contributed by atoms with Crippen molar-refractivity contribution in [3.63, 3.8) is 0 Å². The largest absolute Gasteiger partial charge is 0.466 e. The minimum absolute atomic E-state index is 0.0934. The summed E-state index contributed by atoms with van der Waals surface area (Å²) >= 11 is 0. The second kappa shape index (κ2) is 4.09. The number of ether oxygens (including phenoxy) is 1. The van der Waals surface area contributed by atoms with Gasteiger partial charge in [0.2, 0.25) is 0 Å². The van der Waals surface area contributed by atoms with Crippen molar-refractivity contribution in [2.24, 2.45) is 5.73 Å². The molecule has 1 atom stereocenters. The lowest BCUT2D eigenvalue weighted by atomic mass is 10.3. The van der Waals surface area contributed by atoms with Gasteiger partial charge in [0, 0.05) is 12.1 Å². The molecule has 0 spiro atoms. The van der Waals surface area contributed by atoms with E-state index in [-0.39, 0.29) is 12.0 Å². The Morgan fingerprint density at radius 2 is 2.33 bits per heavy atom. The van der Waals surface area contributed by atoms with Gasteiger partial charge in [0.1, 0.15) is 0 Å². The van der Waals surface area contributed by atoms with E-state index in [1.165, 1.54) is 13.2 Å². The van der Waals surface area contributed by atoms with Crippen molar-refractivity contribution in [2.75, 3.05) is 7.11 Å². The highest BCUT2D eigenvalue weighted by Crippen LogP contribution is 1.80. The van der Waals surface area contributed by atoms with Gasteiger partial charge in [-0.1, -0.05) is 6.08 Å². The van der Waals surface area contributed by atoms with Crippen LogP contribution in [0, 0.1) is 0 Å². The molecule has 0 radical (unpaired) electrons. The highest BCUT2D eigenvalue weighted by Gasteiger charge is 1.90. The first-order valence-electron chi connectivity index (χ1n) is 2.68. The van der Waals surface area contributed by atoms with Gasteiger partial charge in [0.05, 0.1) is 7.11 Å². The molecule has 0 aliphatic rings. The van der Waals surface area contributed by atoms with Crippen LogP contribution < -0.4 is 5.73 Å². The molecule has 2 N–H and O–H groups in total. The van der Waals surface area contributed by atoms with E-state index in [2.05, 4.69) is 4.74 Å². The summed E-state index contributed by atoms with van der Waals surface area (Å²) in [4.78, 5) is 10.4. The number of hydrogen-bond donors (Lipinski definition) is 1. The van der Waals surface area contributed by atoms with Gasteiger partial charge in [-0.25, -0.2) is 4.79 Å². The molecule has 0 amide bonds. The Labute approximate surface area is 54.5 Å². The molecule has 0 rings (SSSR count). The van der Waals surface area contributed by atoms with Gasteiger partial charge in [-0.3, -0.25) is 0 Å². The van der Waals surface area contributed by atoms with Gasteiger partial charge in [-0.15, -0.1) is 0 Å². The van der Waals surface area contributed by atoms with E-state index in [0.29, 0.717) is 0 Å². The van der Waals surface area contributed by atoms with E-state index < -0.39 is 0 Å². The molecular formula is C6H11NO2. The van der Waals surface area contributed by atoms with Gasteiger partial charge >= 0.3 is 5.97 Å². The van der Waals surface area contributed by atoms with Crippen molar-refractivity contribution in [1.29, 1.82) is 0 Å². The summed E-state index contributed by atoms with van der Waals surface area (Å²) in [5.41, 5.74) is 5.30. The van der Waals surface area contributed by atoms with Crippen LogP contribution >= 0.6 is 0 Å². The van der Waals surface area contributed by atoms with Crippen LogP contribution in [0.5, 0.6) is 0 Å². The molecule has 0 saturated carbocycles. The highest BCUT2D eigenvalue weighted by atomic mass is 16.5. The van der Waals surface area contributed by atoms with E-state index in [4.69, 9.17) is 5.73 Å². The fourth-order valence-electron chi connectivity index (χ4n) is 0.298. The summed E-state index contributed by atoms with van der Waals surface area (Å²) in [5.74, 6) is -0.368. The molecule has 0 bridgehead atoms. The van der Waals surface area contributed by atoms with Crippen LogP contribution in [0.3, 0.4) is 0 Å². The summed E-state index contributed by atoms with van der Waals surface area (Å²) in [6.07, 6.45) is 2.89. The molecule has 0 heterocycles. The minimum Gasteiger partial charge on any atom is -0.466 e. The number of carbonyl (C=O) groups excluding carboxylic acids is 1. The van der Waals surface area contributed by atoms with E-state index in [9.17, 15) is 4.79 Å². The van der Waals surface area contributed by atoms with Gasteiger partial charge in [0.25, 0.3) is 0 Å². The number of rotatable bonds is 2. The van der Waals surface area contributed by atoms with Crippen LogP contribution in [-0.2, 0) is 9.53 Å². The lowest BCUT2D eigenvalue weighted by molar-refractivity contribution is -0.134. The van der Waals surface area contributed by atoms with Gasteiger partial charge in [-0.2, -0.15) is 0 Å². The Hall–Kier alpha value is -0.830. The van der Waals surface area contributed by atoms with Crippen molar-refractivity contribution in [2.45, 2.75) is 13.0 Å². The number of carbonyl (C=O) groups is 1. The van der Waals surface area contributed by atoms with E-state index in [1.807, 2.05) is 0 Å². The molecule has 0 unspecified atom stereocenters. The topological polar surface area (TPSA) is 52.3 Å². The van der Waals surface area contributed by atoms with Crippen LogP contribution in [0.25, 0.3) is 0 Å². The van der Waals surface area contributed by atoms with Crippen LogP contribution in [-0.4, -0.2) is 19.1 Å². The Morgan fingerprint density at radius 3 is 2.67 bits per heavy atom. The lowest BCUT2D eigenvalue weighted by Crippen LogP contribution is -2.11. The third-order valence-corrected chi connectivity index (χ3v) is 0.737. The lowest BCUT2D eigenvalue weighted by Gasteiger charge is -1.92. The van der Waals surface area contributed by atoms with Crippen LogP contribution in [0.4, 0.5) is 0 Å². The molecule has 0 aromatic heterocycles. The van der Waals surface area contributed by atoms with Crippen LogP contribution in [0.2, 0.25) is 0 Å². The van der Waals surface area contributed by atoms with E-state index in [0.717, 1.165) is 0 Å². The number of hydrogen-bond acceptors (Lipinski definition) is 3. The summed E-state index contributed by atoms with van der Waals surface area (Å²) in [5, 5.41) is 0. The minimum atomic E-state index is -0.368. The number of nitrogens with two attached hydrogens (primary N) is 1. The second-order valence-electron chi connectivity index (χ2n) is 1.74. The molecule has 52 valence electrons. The predicted molar refractivity (Wildman–Crippen MR) is 34.8 cm³/mol. The third kappa shape index (κ3) is 5.03. The van der Waals surface area contributed by atoms with E-state index >= 15 is 0 Å². The van der Waals surface area contributed by atoms with Gasteiger partial charge in [-0.05, 0) is 6.92 Å². The van der Waals surface area contributed by atoms with Crippen molar-refractivity contribution in [1.82, 2.24) is 0 Å². The summed E-state index contributed by atoms with van der Waals surface area (Å²) in [7, 11) is 1.33. The SMILES string of the molecule is COC(=O)/C=C/[C@H](C)N. The van der Waals surface area contributed by atoms with Crippen LogP contribution in [0.15, 0.2) is 12.2 Å². The first-order valence-corrected chi connectivity index (χ1v) is 2.68. The zero-order chi connectivity index (χ0) is 7.28. The molecule has 0 saturated heterocycles. The maximum atomic E-state index is 10.4. The molecule has 3 nitrogen and oxygen atoms in total. The molecule has 0 aromatic rings. The standard InChI is InChI=1S/C6H11NO2/c1-5(7)3-4-6(8)9-2/h3-5H,7H2,1-2H3/b4-3+/t5-/m0/s1. The number of methoxy groups -OCH3 is 1. The summed E-state index contributed by atoms with van der Waals surface area (Å²) in [6, 6.07) is -0.0934. The molecule has 3 heteroatoms. The quantitative estimate of drug-likeness (QED) is 0.424. The van der Waals surface area contributed by atoms with Crippen molar-refractivity contribution in [3.8, 4) is 0 Å². The average molecular weight is 129 g/mol. The fourth-order valence-corrected chi connectivity index (χ4v) is 0.298. The number of esters is 1. The zero-order valence-electron chi connectivity index (χ0n) is 5.63. The first-order chi connectivity index (χ1) is 4.16. The zero-order valence-corrected chi connectivity index (χ0v) is 5.63. The monoisotopic (exact) mass is 129 g/mol. The summed E-state index contributed by atoms with van der Waals surface area (Å²) < 4.78 is 4.32. The molecule has 0 aliphatic carbocycles. The molecule has 0 fully saturated rings. The second-order valence-corrected chi connectivity index (χ2v) is 1.74. The summed E-state index contributed by atoms with van der Waals surface area (Å²) in [6.45, 7) is 1.78. The molecule has 9 heavy (non-hydrogen) atoms. The Bertz CT molecular complexity index is 118. The third-order valence-electron chi connectivity index (χ3n) is 0.737.